The summed E-state index contributed by atoms with van der Waals surface area (Å²) in [5.41, 5.74) is -3.41. The molecule has 0 N–H and O–H groups in total. The fraction of sp³-hybridized carbons (Fsp3) is 0.923. The van der Waals surface area contributed by atoms with Gasteiger partial charge in [0, 0.05) is 11.6 Å². The monoisotopic (exact) mass is 698 g/mol. The first-order valence-corrected chi connectivity index (χ1v) is 8.65. The first kappa shape index (κ1) is 39.0. The first-order chi connectivity index (χ1) is 17.2. The molecule has 2 nitrogen and oxygen atoms in total. The van der Waals surface area contributed by atoms with Crippen molar-refractivity contribution in [2.75, 3.05) is 0 Å². The van der Waals surface area contributed by atoms with Crippen LogP contribution in [-0.2, 0) is 4.74 Å². The molecule has 0 spiro atoms. The zero-order chi connectivity index (χ0) is 34.3. The molecule has 0 unspecified atom stereocenters. The summed E-state index contributed by atoms with van der Waals surface area (Å²) in [7, 11) is 0. The lowest BCUT2D eigenvalue weighted by Gasteiger charge is -2.45. The van der Waals surface area contributed by atoms with E-state index in [1.165, 1.54) is 0 Å². The van der Waals surface area contributed by atoms with E-state index in [1.54, 1.807) is 0 Å². The molecule has 0 amide bonds. The molecule has 0 aliphatic carbocycles. The number of hydrogen-bond donors (Lipinski definition) is 0. The van der Waals surface area contributed by atoms with Gasteiger partial charge in [-0.1, -0.05) is 0 Å². The summed E-state index contributed by atoms with van der Waals surface area (Å²) >= 11 is 3.83. The predicted molar refractivity (Wildman–Crippen MR) is 72.8 cm³/mol. The quantitative estimate of drug-likeness (QED) is 0.159. The fourth-order valence-electron chi connectivity index (χ4n) is 2.10. The molecule has 0 aromatic carbocycles. The Kier molecular flexibility index (Phi) is 9.04. The molecule has 0 fully saturated rings. The van der Waals surface area contributed by atoms with Crippen LogP contribution in [0, 0.1) is 0 Å². The maximum atomic E-state index is 13.5. The van der Waals surface area contributed by atoms with Gasteiger partial charge < -0.3 is 4.74 Å². The van der Waals surface area contributed by atoms with Gasteiger partial charge in [-0.25, -0.2) is 4.79 Å². The summed E-state index contributed by atoms with van der Waals surface area (Å²) in [6.45, 7) is 0. The maximum absolute atomic E-state index is 13.5. The van der Waals surface area contributed by atoms with E-state index in [0.29, 0.717) is 0 Å². The molecule has 0 saturated carbocycles. The third-order valence-corrected chi connectivity index (χ3v) is 4.56. The highest BCUT2D eigenvalue weighted by Gasteiger charge is 2.99. The zero-order valence-electron chi connectivity index (χ0n) is 17.1. The molecular formula is C13ClF25O2. The Balaban J connectivity index is 7.33. The van der Waals surface area contributed by atoms with Gasteiger partial charge in [-0.3, -0.25) is 0 Å². The van der Waals surface area contributed by atoms with Crippen molar-refractivity contribution in [2.24, 2.45) is 0 Å². The minimum atomic E-state index is -9.67. The van der Waals surface area contributed by atoms with Crippen molar-refractivity contribution >= 4 is 17.0 Å². The Labute approximate surface area is 209 Å². The number of rotatable bonds is 11. The largest absolute Gasteiger partial charge is 0.474 e. The second-order valence-electron chi connectivity index (χ2n) is 7.10. The van der Waals surface area contributed by atoms with Crippen molar-refractivity contribution in [2.45, 2.75) is 71.5 Å². The molecule has 0 atom stereocenters. The van der Waals surface area contributed by atoms with Crippen LogP contribution in [0.2, 0.25) is 0 Å². The van der Waals surface area contributed by atoms with Crippen LogP contribution >= 0.6 is 11.6 Å². The lowest BCUT2D eigenvalue weighted by atomic mass is 9.85. The zero-order valence-corrected chi connectivity index (χ0v) is 17.9. The summed E-state index contributed by atoms with van der Waals surface area (Å²) in [6.07, 6.45) is -15.8. The van der Waals surface area contributed by atoms with Crippen molar-refractivity contribution < 1.29 is 119 Å². The van der Waals surface area contributed by atoms with Crippen LogP contribution in [0.25, 0.3) is 0 Å². The Morgan fingerprint density at radius 2 is 0.512 bits per heavy atom. The van der Waals surface area contributed by atoms with Crippen LogP contribution in [0.5, 0.6) is 0 Å². The fourth-order valence-corrected chi connectivity index (χ4v) is 2.20. The summed E-state index contributed by atoms with van der Waals surface area (Å²) in [5.74, 6) is -92.8. The maximum Gasteiger partial charge on any atom is 0.474 e. The molecule has 0 aliphatic heterocycles. The van der Waals surface area contributed by atoms with Crippen molar-refractivity contribution in [1.82, 2.24) is 0 Å². The molecule has 41 heavy (non-hydrogen) atoms. The van der Waals surface area contributed by atoms with Gasteiger partial charge in [0.2, 0.25) is 0 Å². The lowest BCUT2D eigenvalue weighted by Crippen LogP contribution is -2.78. The number of carbonyl (C=O) groups excluding carboxylic acids is 1. The van der Waals surface area contributed by atoms with Gasteiger partial charge in [0.1, 0.15) is 0 Å². The Morgan fingerprint density at radius 3 is 0.683 bits per heavy atom. The van der Waals surface area contributed by atoms with Gasteiger partial charge in [0.05, 0.1) is 0 Å². The average Bonchev–Trinajstić information content (AvgIpc) is 2.70. The first-order valence-electron chi connectivity index (χ1n) is 8.28. The second-order valence-corrected chi connectivity index (χ2v) is 7.41. The molecule has 0 aliphatic rings. The van der Waals surface area contributed by atoms with Gasteiger partial charge in [0.15, 0.2) is 0 Å². The third-order valence-electron chi connectivity index (χ3n) is 4.48. The highest BCUT2D eigenvalue weighted by molar-refractivity contribution is 6.61. The molecule has 0 rings (SSSR count). The second kappa shape index (κ2) is 9.51. The topological polar surface area (TPSA) is 26.3 Å². The summed E-state index contributed by atoms with van der Waals surface area (Å²) in [5, 5.41) is 0. The van der Waals surface area contributed by atoms with Crippen LogP contribution in [0.1, 0.15) is 0 Å². The molecule has 246 valence electrons. The minimum absolute atomic E-state index is 1.83. The Bertz CT molecular complexity index is 992. The van der Waals surface area contributed by atoms with Crippen LogP contribution in [-0.4, -0.2) is 76.9 Å². The van der Waals surface area contributed by atoms with Gasteiger partial charge in [0.25, 0.3) is 0 Å². The third kappa shape index (κ3) is 4.74. The molecular weight excluding hydrogens is 699 g/mol. The molecule has 0 radical (unpaired) electrons. The van der Waals surface area contributed by atoms with Crippen molar-refractivity contribution in [3.05, 3.63) is 0 Å². The SMILES string of the molecule is O=C(Cl)OC(F)(F)C(F)(F)C(F)(F)C(F)(F)C(F)(F)C(F)(F)C(F)(F)C(F)(F)C(F)(F)C(F)(F)C(F)(F)C(F)(F)F. The average molecular weight is 699 g/mol. The van der Waals surface area contributed by atoms with E-state index in [-0.39, 0.29) is 0 Å². The molecule has 28 heteroatoms. The van der Waals surface area contributed by atoms with E-state index in [2.05, 4.69) is 11.6 Å². The van der Waals surface area contributed by atoms with Gasteiger partial charge in [-0.15, -0.1) is 0 Å². The minimum Gasteiger partial charge on any atom is -0.384 e. The van der Waals surface area contributed by atoms with Crippen molar-refractivity contribution in [1.29, 1.82) is 0 Å². The number of carbonyl (C=O) groups is 1. The van der Waals surface area contributed by atoms with E-state index in [9.17, 15) is 115 Å². The van der Waals surface area contributed by atoms with E-state index in [1.807, 2.05) is 4.74 Å². The van der Waals surface area contributed by atoms with Gasteiger partial charge >= 0.3 is 76.9 Å². The van der Waals surface area contributed by atoms with Crippen molar-refractivity contribution in [3.63, 3.8) is 0 Å². The smallest absolute Gasteiger partial charge is 0.384 e. The standard InChI is InChI=1S/C13ClF25O2/c14-1(40)41-13(38,39)11(33,34)9(29,30)7(25,26)5(21,22)3(17,18)2(15,16)4(19,20)6(23,24)8(27,28)10(31,32)12(35,36)37. The van der Waals surface area contributed by atoms with Crippen LogP contribution < -0.4 is 0 Å². The number of halogens is 26. The molecule has 0 bridgehead atoms. The number of ether oxygens (including phenoxy) is 1. The summed E-state index contributed by atoms with van der Waals surface area (Å²) in [6, 6.07) is 0. The number of hydrogen-bond acceptors (Lipinski definition) is 2. The summed E-state index contributed by atoms with van der Waals surface area (Å²) in [4.78, 5) is 9.98. The van der Waals surface area contributed by atoms with E-state index >= 15 is 0 Å². The van der Waals surface area contributed by atoms with Crippen LogP contribution in [0.15, 0.2) is 0 Å². The van der Waals surface area contributed by atoms with Crippen molar-refractivity contribution in [3.8, 4) is 0 Å². The Hall–Kier alpha value is -1.99. The molecule has 0 aromatic heterocycles. The van der Waals surface area contributed by atoms with Crippen LogP contribution in [0.3, 0.4) is 0 Å². The predicted octanol–water partition coefficient (Wildman–Crippen LogP) is 8.87. The van der Waals surface area contributed by atoms with Gasteiger partial charge in [-0.05, 0) is 0 Å². The van der Waals surface area contributed by atoms with Crippen LogP contribution in [0.4, 0.5) is 115 Å². The van der Waals surface area contributed by atoms with E-state index < -0.39 is 76.9 Å². The highest BCUT2D eigenvalue weighted by atomic mass is 35.5. The van der Waals surface area contributed by atoms with Gasteiger partial charge in [-0.2, -0.15) is 110 Å². The number of alkyl halides is 25. The summed E-state index contributed by atoms with van der Waals surface area (Å²) < 4.78 is 329. The normalized spacial score (nSPS) is 16.6. The molecule has 0 aromatic rings. The molecule has 0 saturated heterocycles. The molecule has 0 heterocycles. The lowest BCUT2D eigenvalue weighted by molar-refractivity contribution is -0.487. The highest BCUT2D eigenvalue weighted by Crippen LogP contribution is 2.67. The van der Waals surface area contributed by atoms with E-state index in [4.69, 9.17) is 0 Å². The Morgan fingerprint density at radius 1 is 0.341 bits per heavy atom. The van der Waals surface area contributed by atoms with E-state index in [0.717, 1.165) is 0 Å².